The minimum atomic E-state index is -3.50. The summed E-state index contributed by atoms with van der Waals surface area (Å²) in [5, 5.41) is 12.7. The van der Waals surface area contributed by atoms with Crippen LogP contribution in [-0.2, 0) is 16.2 Å². The van der Waals surface area contributed by atoms with E-state index in [1.54, 1.807) is 18.2 Å². The van der Waals surface area contributed by atoms with Gasteiger partial charge in [-0.2, -0.15) is 0 Å². The highest BCUT2D eigenvalue weighted by Gasteiger charge is 2.30. The van der Waals surface area contributed by atoms with Crippen LogP contribution in [0.2, 0.25) is 0 Å². The summed E-state index contributed by atoms with van der Waals surface area (Å²) in [5.41, 5.74) is 9.50. The lowest BCUT2D eigenvalue weighted by Crippen LogP contribution is -2.17. The highest BCUT2D eigenvalue weighted by molar-refractivity contribution is 5.98. The largest absolute Gasteiger partial charge is 0.507 e. The molecule has 10 rings (SSSR count). The van der Waals surface area contributed by atoms with Crippen LogP contribution >= 0.6 is 0 Å². The standard InChI is InChI=1S/C66H61N3O/c1-64(2,3)52-32-33-59(55(40-52)47-24-17-12-18-25-47)69-60-27-19-26-54(61(60)68-63(69)56-41-53(65(4,5)6)42-57(62(56)70)66(7,8)9)50-36-49(44-22-15-11-16-23-44)37-51(38-50)58-39-48(34-35-67-58)46-30-28-45(29-31-46)43-20-13-10-14-21-43/h10-42,70H,1-9H3/i1D3,2D3,3D3. The molecule has 2 aromatic heterocycles. The molecule has 2 heterocycles. The maximum Gasteiger partial charge on any atom is 0.149 e. The third kappa shape index (κ3) is 8.98. The normalized spacial score (nSPS) is 14.6. The highest BCUT2D eigenvalue weighted by atomic mass is 16.3. The molecule has 0 aliphatic heterocycles. The first-order chi connectivity index (χ1) is 37.3. The van der Waals surface area contributed by atoms with Gasteiger partial charge >= 0.3 is 0 Å². The van der Waals surface area contributed by atoms with Crippen molar-refractivity contribution in [3.05, 3.63) is 217 Å². The Balaban J connectivity index is 1.27. The van der Waals surface area contributed by atoms with Crippen LogP contribution in [0.1, 0.15) is 91.1 Å². The molecule has 8 aromatic carbocycles. The second kappa shape index (κ2) is 17.9. The number of nitrogens with zero attached hydrogens (tertiary/aromatic N) is 3. The number of pyridine rings is 1. The van der Waals surface area contributed by atoms with E-state index in [9.17, 15) is 5.11 Å². The smallest absolute Gasteiger partial charge is 0.149 e. The number of hydrogen-bond donors (Lipinski definition) is 1. The monoisotopic (exact) mass is 921 g/mol. The topological polar surface area (TPSA) is 50.9 Å². The van der Waals surface area contributed by atoms with Crippen LogP contribution in [0.5, 0.6) is 5.75 Å². The van der Waals surface area contributed by atoms with E-state index in [0.29, 0.717) is 44.8 Å². The molecule has 4 nitrogen and oxygen atoms in total. The first-order valence-electron chi connectivity index (χ1n) is 28.2. The Morgan fingerprint density at radius 3 is 1.63 bits per heavy atom. The average Bonchev–Trinajstić information content (AvgIpc) is 3.08. The van der Waals surface area contributed by atoms with Crippen LogP contribution in [0.4, 0.5) is 0 Å². The van der Waals surface area contributed by atoms with E-state index in [0.717, 1.165) is 61.3 Å². The number of phenols is 1. The van der Waals surface area contributed by atoms with E-state index in [-0.39, 0.29) is 16.7 Å². The van der Waals surface area contributed by atoms with E-state index in [1.807, 2.05) is 123 Å². The number of hydrogen-bond acceptors (Lipinski definition) is 3. The predicted molar refractivity (Wildman–Crippen MR) is 295 cm³/mol. The van der Waals surface area contributed by atoms with Gasteiger partial charge in [-0.15, -0.1) is 0 Å². The quantitative estimate of drug-likeness (QED) is 0.165. The number of benzene rings is 8. The van der Waals surface area contributed by atoms with Crippen molar-refractivity contribution >= 4 is 11.0 Å². The molecule has 0 amide bonds. The molecule has 70 heavy (non-hydrogen) atoms. The van der Waals surface area contributed by atoms with Crippen molar-refractivity contribution in [1.29, 1.82) is 0 Å². The third-order valence-electron chi connectivity index (χ3n) is 13.2. The van der Waals surface area contributed by atoms with Gasteiger partial charge in [0.05, 0.1) is 28.0 Å². The first-order valence-corrected chi connectivity index (χ1v) is 23.7. The van der Waals surface area contributed by atoms with Crippen molar-refractivity contribution in [3.8, 4) is 89.7 Å². The first kappa shape index (κ1) is 36.2. The van der Waals surface area contributed by atoms with Crippen molar-refractivity contribution in [2.45, 2.75) is 78.3 Å². The Hall–Kier alpha value is -7.82. The van der Waals surface area contributed by atoms with Crippen LogP contribution in [0.15, 0.2) is 200 Å². The Labute approximate surface area is 426 Å². The number of phenolic OH excluding ortho intramolecular Hbond substituents is 1. The maximum atomic E-state index is 12.7. The number of aromatic nitrogens is 3. The summed E-state index contributed by atoms with van der Waals surface area (Å²) in [6.07, 6.45) is 1.83. The van der Waals surface area contributed by atoms with E-state index in [2.05, 4.69) is 93.6 Å². The molecule has 0 atom stereocenters. The third-order valence-corrected chi connectivity index (χ3v) is 13.2. The van der Waals surface area contributed by atoms with Crippen molar-refractivity contribution in [3.63, 3.8) is 0 Å². The average molecular weight is 921 g/mol. The SMILES string of the molecule is [2H]C([2H])([2H])C(c1ccc(-n2c(-c3cc(C(C)(C)C)cc(C(C)(C)C)c3O)nc3c(-c4cc(-c5ccccc5)cc(-c5cc(-c6ccc(-c7ccccc7)cc6)ccn5)c4)cccc32)c(-c2ccccc2)c1)(C([2H])([2H])[2H])C([2H])([2H])[2H]. The summed E-state index contributed by atoms with van der Waals surface area (Å²) >= 11 is 0. The van der Waals surface area contributed by atoms with Crippen LogP contribution in [-0.4, -0.2) is 19.6 Å². The van der Waals surface area contributed by atoms with Crippen molar-refractivity contribution < 1.29 is 17.4 Å². The number of fused-ring (bicyclic) bond motifs is 1. The second-order valence-electron chi connectivity index (χ2n) is 20.3. The molecule has 0 unspecified atom stereocenters. The van der Waals surface area contributed by atoms with Crippen LogP contribution < -0.4 is 0 Å². The fourth-order valence-electron chi connectivity index (χ4n) is 9.36. The lowest BCUT2D eigenvalue weighted by Gasteiger charge is -2.28. The van der Waals surface area contributed by atoms with Gasteiger partial charge in [-0.1, -0.05) is 202 Å². The minimum absolute atomic E-state index is 0.0248. The molecule has 0 radical (unpaired) electrons. The molecule has 4 heteroatoms. The zero-order valence-corrected chi connectivity index (χ0v) is 40.3. The Bertz CT molecular complexity index is 3830. The van der Waals surface area contributed by atoms with Gasteiger partial charge in [0.2, 0.25) is 0 Å². The lowest BCUT2D eigenvalue weighted by atomic mass is 9.79. The van der Waals surface area contributed by atoms with E-state index < -0.39 is 31.4 Å². The van der Waals surface area contributed by atoms with E-state index in [1.165, 1.54) is 12.1 Å². The van der Waals surface area contributed by atoms with Crippen molar-refractivity contribution in [1.82, 2.24) is 14.5 Å². The molecule has 1 N–H and O–H groups in total. The number of rotatable bonds is 8. The zero-order valence-electron chi connectivity index (χ0n) is 49.3. The molecular weight excluding hydrogens is 851 g/mol. The van der Waals surface area contributed by atoms with Gasteiger partial charge in [0.1, 0.15) is 11.6 Å². The lowest BCUT2D eigenvalue weighted by molar-refractivity contribution is 0.446. The highest BCUT2D eigenvalue weighted by Crippen LogP contribution is 2.46. The minimum Gasteiger partial charge on any atom is -0.507 e. The molecule has 0 saturated heterocycles. The second-order valence-corrected chi connectivity index (χ2v) is 20.3. The molecule has 0 aliphatic carbocycles. The van der Waals surface area contributed by atoms with Gasteiger partial charge in [-0.05, 0) is 126 Å². The van der Waals surface area contributed by atoms with Crippen molar-refractivity contribution in [2.24, 2.45) is 0 Å². The summed E-state index contributed by atoms with van der Waals surface area (Å²) in [6.45, 7) is 1.97. The van der Waals surface area contributed by atoms with Gasteiger partial charge in [0.15, 0.2) is 0 Å². The molecule has 0 aliphatic rings. The van der Waals surface area contributed by atoms with Gasteiger partial charge in [-0.25, -0.2) is 4.98 Å². The summed E-state index contributed by atoms with van der Waals surface area (Å²) in [6, 6.07) is 62.7. The van der Waals surface area contributed by atoms with E-state index in [4.69, 9.17) is 22.3 Å². The van der Waals surface area contributed by atoms with E-state index >= 15 is 0 Å². The fourth-order valence-corrected chi connectivity index (χ4v) is 9.36. The summed E-state index contributed by atoms with van der Waals surface area (Å²) < 4.78 is 79.9. The number of imidazole rings is 1. The van der Waals surface area contributed by atoms with Crippen molar-refractivity contribution in [2.75, 3.05) is 0 Å². The maximum absolute atomic E-state index is 12.7. The van der Waals surface area contributed by atoms with Crippen LogP contribution in [0.3, 0.4) is 0 Å². The fraction of sp³-hybridized carbons (Fsp3) is 0.182. The Morgan fingerprint density at radius 1 is 0.429 bits per heavy atom. The number of para-hydroxylation sites is 1. The van der Waals surface area contributed by atoms with Gasteiger partial charge in [0.25, 0.3) is 0 Å². The molecule has 346 valence electrons. The van der Waals surface area contributed by atoms with Gasteiger partial charge in [-0.3, -0.25) is 9.55 Å². The van der Waals surface area contributed by atoms with Crippen LogP contribution in [0.25, 0.3) is 95.0 Å². The Morgan fingerprint density at radius 2 is 1.00 bits per heavy atom. The molecule has 0 bridgehead atoms. The van der Waals surface area contributed by atoms with Gasteiger partial charge in [0, 0.05) is 40.8 Å². The van der Waals surface area contributed by atoms with Gasteiger partial charge < -0.3 is 5.11 Å². The number of aromatic hydroxyl groups is 1. The van der Waals surface area contributed by atoms with Crippen LogP contribution in [0, 0.1) is 0 Å². The molecule has 0 saturated carbocycles. The summed E-state index contributed by atoms with van der Waals surface area (Å²) in [7, 11) is 0. The summed E-state index contributed by atoms with van der Waals surface area (Å²) in [5.74, 6) is 0.374. The molecule has 0 spiro atoms. The molecule has 10 aromatic rings. The summed E-state index contributed by atoms with van der Waals surface area (Å²) in [4.78, 5) is 10.5. The zero-order chi connectivity index (χ0) is 56.5. The molecular formula is C66H61N3O. The predicted octanol–water partition coefficient (Wildman–Crippen LogP) is 17.7. The Kier molecular flexibility index (Phi) is 9.27. The molecule has 0 fully saturated rings.